The molecule has 6 atom stereocenters. The van der Waals surface area contributed by atoms with Gasteiger partial charge < -0.3 is 39.5 Å². The number of piperazine rings is 1. The van der Waals surface area contributed by atoms with Crippen molar-refractivity contribution in [2.75, 3.05) is 13.7 Å². The molecule has 12 heteroatoms. The number of esters is 1. The molecule has 5 fully saturated rings. The fraction of sp³-hybridized carbons (Fsp3) is 0.463. The minimum Gasteiger partial charge on any atom is -0.618 e. The van der Waals surface area contributed by atoms with Gasteiger partial charge in [-0.1, -0.05) is 0 Å². The molecule has 3 aromatic carbocycles. The average Bonchev–Trinajstić information content (AvgIpc) is 3.75. The number of phenolic OH excluding ortho intramolecular Hbond substituents is 1. The number of ether oxygens (including phenoxy) is 4. The van der Waals surface area contributed by atoms with Gasteiger partial charge >= 0.3 is 5.97 Å². The molecule has 1 aliphatic carbocycles. The summed E-state index contributed by atoms with van der Waals surface area (Å²) in [4.78, 5) is 45.1. The average molecular weight is 718 g/mol. The summed E-state index contributed by atoms with van der Waals surface area (Å²) in [6, 6.07) is 7.30. The number of hydrogen-bond donors (Lipinski definition) is 2. The van der Waals surface area contributed by atoms with E-state index in [1.54, 1.807) is 17.9 Å². The number of phenols is 1. The number of piperidine rings is 2. The molecule has 3 spiro atoms. The predicted octanol–water partition coefficient (Wildman–Crippen LogP) is 5.10. The Morgan fingerprint density at radius 2 is 1.91 bits per heavy atom. The summed E-state index contributed by atoms with van der Waals surface area (Å²) < 4.78 is 26.5. The molecule has 9 aliphatic rings. The lowest BCUT2D eigenvalue weighted by atomic mass is 9.43. The van der Waals surface area contributed by atoms with Crippen molar-refractivity contribution in [3.63, 3.8) is 0 Å². The largest absolute Gasteiger partial charge is 0.618 e. The van der Waals surface area contributed by atoms with Gasteiger partial charge in [0.05, 0.1) is 35.0 Å². The van der Waals surface area contributed by atoms with Crippen LogP contribution in [-0.4, -0.2) is 74.7 Å². The van der Waals surface area contributed by atoms with Crippen LogP contribution in [0.25, 0.3) is 16.8 Å². The summed E-state index contributed by atoms with van der Waals surface area (Å²) in [5.74, 6) is -1.77. The van der Waals surface area contributed by atoms with Crippen LogP contribution in [0.1, 0.15) is 92.4 Å². The van der Waals surface area contributed by atoms with Crippen LogP contribution in [-0.2, 0) is 26.3 Å². The monoisotopic (exact) mass is 717 g/mol. The van der Waals surface area contributed by atoms with Crippen molar-refractivity contribution < 1.29 is 43.2 Å². The number of fused-ring (bicyclic) bond motifs is 9. The standard InChI is InChI=1S/C41H39N3O9/c1-18-14-19-15-20-16-24(50-6)28-31(26(20)30(45)27(19)33(46)51-18)53-41-22-8-9-23-21(10-12-37(2,3)52-23)29(22)44(49)34(41)38(4,5)25-17-39-11-7-13-43(39)36(48)40(25,32(28)41)42-35(39)47/h8-10,12,15-16,18,25,32,45H,7,11,13-14,17H2,1-6H3,(H,42,47)/t18-,25+,32-,39+,40-,41-/m1/s1. The van der Waals surface area contributed by atoms with E-state index in [4.69, 9.17) is 18.9 Å². The highest BCUT2D eigenvalue weighted by molar-refractivity contribution is 6.14. The number of benzene rings is 3. The molecule has 2 N–H and O–H groups in total. The van der Waals surface area contributed by atoms with Crippen LogP contribution in [0.15, 0.2) is 30.3 Å². The van der Waals surface area contributed by atoms with Crippen LogP contribution in [0.5, 0.6) is 23.0 Å². The highest BCUT2D eigenvalue weighted by Gasteiger charge is 2.86. The third kappa shape index (κ3) is 3.21. The quantitative estimate of drug-likeness (QED) is 0.199. The molecule has 53 heavy (non-hydrogen) atoms. The second-order valence-electron chi connectivity index (χ2n) is 17.3. The Labute approximate surface area is 304 Å². The second kappa shape index (κ2) is 9.09. The maximum Gasteiger partial charge on any atom is 0.342 e. The van der Waals surface area contributed by atoms with Crippen LogP contribution in [0.3, 0.4) is 0 Å². The van der Waals surface area contributed by atoms with E-state index in [-0.39, 0.29) is 40.4 Å². The molecule has 2 amide bonds. The molecular formula is C41H39N3O9. The van der Waals surface area contributed by atoms with Crippen LogP contribution >= 0.6 is 0 Å². The number of methoxy groups -OCH3 is 1. The Morgan fingerprint density at radius 1 is 1.11 bits per heavy atom. The van der Waals surface area contributed by atoms with Gasteiger partial charge in [0.1, 0.15) is 51.3 Å². The highest BCUT2D eigenvalue weighted by atomic mass is 16.5. The zero-order valence-electron chi connectivity index (χ0n) is 30.3. The third-order valence-electron chi connectivity index (χ3n) is 13.9. The number of amides is 2. The van der Waals surface area contributed by atoms with E-state index in [0.717, 1.165) is 4.74 Å². The van der Waals surface area contributed by atoms with Gasteiger partial charge in [0, 0.05) is 24.4 Å². The maximum absolute atomic E-state index is 15.5. The van der Waals surface area contributed by atoms with Crippen LogP contribution in [0.4, 0.5) is 5.69 Å². The molecule has 0 radical (unpaired) electrons. The summed E-state index contributed by atoms with van der Waals surface area (Å²) >= 11 is 0. The smallest absolute Gasteiger partial charge is 0.342 e. The van der Waals surface area contributed by atoms with E-state index < -0.39 is 45.5 Å². The van der Waals surface area contributed by atoms with Crippen molar-refractivity contribution >= 4 is 46.0 Å². The van der Waals surface area contributed by atoms with Crippen LogP contribution < -0.4 is 19.5 Å². The number of carbonyl (C=O) groups excluding carboxylic acids is 3. The SMILES string of the molecule is COc1cc2cc3c(c(O)c2c2c1[C@@H]1[C@@]45NC(=O)[C@]6(CCCN6C4=O)C[C@H]5C(C)(C)C4=[N+]([O-])c5c(ccc6c5C=CC(C)(C)O6)[C@]41O2)C(=O)O[C@H](C)C3. The molecule has 1 saturated carbocycles. The number of aromatic hydroxyl groups is 1. The molecule has 12 nitrogen and oxygen atoms in total. The van der Waals surface area contributed by atoms with Gasteiger partial charge in [-0.15, -0.1) is 0 Å². The van der Waals surface area contributed by atoms with E-state index in [1.807, 2.05) is 58.0 Å². The number of hydrogen-bond acceptors (Lipinski definition) is 9. The summed E-state index contributed by atoms with van der Waals surface area (Å²) in [7, 11) is 1.53. The lowest BCUT2D eigenvalue weighted by molar-refractivity contribution is -0.368. The number of carbonyl (C=O) groups is 3. The van der Waals surface area contributed by atoms with Crippen molar-refractivity contribution in [3.05, 3.63) is 63.4 Å². The molecule has 3 aromatic rings. The summed E-state index contributed by atoms with van der Waals surface area (Å²) in [5.41, 5.74) is -2.84. The molecule has 8 heterocycles. The molecule has 272 valence electrons. The van der Waals surface area contributed by atoms with E-state index >= 15 is 10.0 Å². The lowest BCUT2D eigenvalue weighted by Gasteiger charge is -2.67. The highest BCUT2D eigenvalue weighted by Crippen LogP contribution is 2.74. The molecular weight excluding hydrogens is 678 g/mol. The maximum atomic E-state index is 15.5. The predicted molar refractivity (Wildman–Crippen MR) is 191 cm³/mol. The van der Waals surface area contributed by atoms with Crippen molar-refractivity contribution in [1.82, 2.24) is 10.2 Å². The molecule has 12 rings (SSSR count). The van der Waals surface area contributed by atoms with Gasteiger partial charge in [0.15, 0.2) is 0 Å². The zero-order valence-corrected chi connectivity index (χ0v) is 30.3. The van der Waals surface area contributed by atoms with Gasteiger partial charge in [-0.3, -0.25) is 9.59 Å². The minimum atomic E-state index is -1.64. The van der Waals surface area contributed by atoms with Crippen molar-refractivity contribution in [2.24, 2.45) is 11.3 Å². The molecule has 2 bridgehead atoms. The van der Waals surface area contributed by atoms with Crippen molar-refractivity contribution in [3.8, 4) is 23.0 Å². The molecule has 4 saturated heterocycles. The minimum absolute atomic E-state index is 0.0531. The molecule has 0 unspecified atom stereocenters. The fourth-order valence-electron chi connectivity index (χ4n) is 12.0. The Balaban J connectivity index is 1.29. The lowest BCUT2D eigenvalue weighted by Crippen LogP contribution is -2.88. The van der Waals surface area contributed by atoms with Gasteiger partial charge in [-0.25, -0.2) is 4.79 Å². The number of nitrogens with zero attached hydrogens (tertiary/aromatic N) is 2. The van der Waals surface area contributed by atoms with Gasteiger partial charge in [-0.2, -0.15) is 4.74 Å². The number of nitrogens with one attached hydrogen (secondary N) is 1. The summed E-state index contributed by atoms with van der Waals surface area (Å²) in [6.07, 6.45) is 5.45. The van der Waals surface area contributed by atoms with Crippen LogP contribution in [0.2, 0.25) is 0 Å². The fourth-order valence-corrected chi connectivity index (χ4v) is 12.0. The van der Waals surface area contributed by atoms with Crippen molar-refractivity contribution in [2.45, 2.75) is 94.6 Å². The third-order valence-corrected chi connectivity index (χ3v) is 13.9. The first-order chi connectivity index (χ1) is 25.1. The number of rotatable bonds is 1. The van der Waals surface area contributed by atoms with Crippen molar-refractivity contribution in [1.29, 1.82) is 0 Å². The Morgan fingerprint density at radius 3 is 2.68 bits per heavy atom. The second-order valence-corrected chi connectivity index (χ2v) is 17.3. The summed E-state index contributed by atoms with van der Waals surface area (Å²) in [6.45, 7) is 10.1. The Kier molecular flexibility index (Phi) is 5.36. The number of cyclic esters (lactones) is 1. The summed E-state index contributed by atoms with van der Waals surface area (Å²) in [5, 5.41) is 31.6. The van der Waals surface area contributed by atoms with Crippen LogP contribution in [0, 0.1) is 16.5 Å². The topological polar surface area (TPSA) is 150 Å². The first-order valence-electron chi connectivity index (χ1n) is 18.5. The van der Waals surface area contributed by atoms with E-state index in [1.165, 1.54) is 7.11 Å². The first-order valence-corrected chi connectivity index (χ1v) is 18.5. The molecule has 0 aromatic heterocycles. The van der Waals surface area contributed by atoms with Gasteiger partial charge in [0.25, 0.3) is 0 Å². The Bertz CT molecular complexity index is 2430. The zero-order chi connectivity index (χ0) is 36.9. The Hall–Kier alpha value is -5.26. The van der Waals surface area contributed by atoms with E-state index in [2.05, 4.69) is 5.32 Å². The van der Waals surface area contributed by atoms with Gasteiger partial charge in [-0.05, 0) is 101 Å². The molecule has 8 aliphatic heterocycles. The normalized spacial score (nSPS) is 34.1. The first kappa shape index (κ1) is 31.3. The van der Waals surface area contributed by atoms with Gasteiger partial charge in [0.2, 0.25) is 28.8 Å². The van der Waals surface area contributed by atoms with E-state index in [9.17, 15) is 14.7 Å². The van der Waals surface area contributed by atoms with E-state index in [0.29, 0.717) is 82.8 Å².